The number of carbonyl (C=O) groups excluding carboxylic acids is 1. The van der Waals surface area contributed by atoms with Crippen LogP contribution in [0.4, 0.5) is 0 Å². The van der Waals surface area contributed by atoms with Crippen LogP contribution in [0, 0.1) is 19.8 Å². The third-order valence-corrected chi connectivity index (χ3v) is 6.58. The average molecular weight is 406 g/mol. The van der Waals surface area contributed by atoms with Crippen LogP contribution in [0.25, 0.3) is 5.82 Å². The Kier molecular flexibility index (Phi) is 6.14. The molecule has 2 aromatic heterocycles. The molecule has 9 heteroatoms. The Hall–Kier alpha value is -2.26. The summed E-state index contributed by atoms with van der Waals surface area (Å²) in [5.41, 5.74) is 3.06. The minimum Gasteiger partial charge on any atom is -0.356 e. The van der Waals surface area contributed by atoms with E-state index in [0.717, 1.165) is 22.8 Å². The van der Waals surface area contributed by atoms with E-state index in [0.29, 0.717) is 38.9 Å². The molecule has 1 fully saturated rings. The van der Waals surface area contributed by atoms with E-state index in [1.807, 2.05) is 36.7 Å². The van der Waals surface area contributed by atoms with Crippen molar-refractivity contribution in [2.24, 2.45) is 5.92 Å². The first-order chi connectivity index (χ1) is 13.3. The van der Waals surface area contributed by atoms with Crippen molar-refractivity contribution in [2.75, 3.05) is 25.9 Å². The second-order valence-corrected chi connectivity index (χ2v) is 9.21. The summed E-state index contributed by atoms with van der Waals surface area (Å²) in [5.74, 6) is 0.646. The van der Waals surface area contributed by atoms with Crippen molar-refractivity contribution in [1.29, 1.82) is 0 Å². The molecule has 0 unspecified atom stereocenters. The molecule has 28 heavy (non-hydrogen) atoms. The molecule has 3 heterocycles. The first kappa shape index (κ1) is 20.5. The van der Waals surface area contributed by atoms with Gasteiger partial charge in [-0.1, -0.05) is 6.07 Å². The third kappa shape index (κ3) is 4.59. The molecule has 0 atom stereocenters. The molecule has 1 saturated heterocycles. The SMILES string of the molecule is Cc1nn(-c2ccccn2)c(C)c1CCNC(=O)C1CCN(S(C)(=O)=O)CC1. The fourth-order valence-electron chi connectivity index (χ4n) is 3.64. The molecule has 0 bridgehead atoms. The van der Waals surface area contributed by atoms with Crippen LogP contribution >= 0.6 is 0 Å². The van der Waals surface area contributed by atoms with Crippen molar-refractivity contribution >= 4 is 15.9 Å². The van der Waals surface area contributed by atoms with Crippen LogP contribution in [0.2, 0.25) is 0 Å². The molecule has 0 spiro atoms. The Balaban J connectivity index is 1.54. The number of nitrogens with zero attached hydrogens (tertiary/aromatic N) is 4. The van der Waals surface area contributed by atoms with Crippen LogP contribution in [0.1, 0.15) is 29.8 Å². The maximum absolute atomic E-state index is 12.4. The molecule has 8 nitrogen and oxygen atoms in total. The van der Waals surface area contributed by atoms with Crippen molar-refractivity contribution in [3.8, 4) is 5.82 Å². The fourth-order valence-corrected chi connectivity index (χ4v) is 4.52. The highest BCUT2D eigenvalue weighted by Crippen LogP contribution is 2.20. The minimum atomic E-state index is -3.17. The quantitative estimate of drug-likeness (QED) is 0.779. The summed E-state index contributed by atoms with van der Waals surface area (Å²) >= 11 is 0. The summed E-state index contributed by atoms with van der Waals surface area (Å²) in [5, 5.41) is 7.58. The molecule has 1 aliphatic rings. The summed E-state index contributed by atoms with van der Waals surface area (Å²) in [6, 6.07) is 5.70. The van der Waals surface area contributed by atoms with Crippen LogP contribution in [-0.4, -0.2) is 59.3 Å². The van der Waals surface area contributed by atoms with E-state index >= 15 is 0 Å². The van der Waals surface area contributed by atoms with Crippen molar-refractivity contribution in [3.63, 3.8) is 0 Å². The molecule has 1 amide bonds. The van der Waals surface area contributed by atoms with Crippen LogP contribution in [0.3, 0.4) is 0 Å². The first-order valence-electron chi connectivity index (χ1n) is 9.46. The highest BCUT2D eigenvalue weighted by Gasteiger charge is 2.28. The van der Waals surface area contributed by atoms with E-state index in [9.17, 15) is 13.2 Å². The van der Waals surface area contributed by atoms with Gasteiger partial charge in [-0.2, -0.15) is 5.10 Å². The molecule has 1 aliphatic heterocycles. The fraction of sp³-hybridized carbons (Fsp3) is 0.526. The Bertz CT molecular complexity index is 932. The van der Waals surface area contributed by atoms with E-state index in [2.05, 4.69) is 15.4 Å². The first-order valence-corrected chi connectivity index (χ1v) is 11.3. The summed E-state index contributed by atoms with van der Waals surface area (Å²) in [6.45, 7) is 5.32. The van der Waals surface area contributed by atoms with E-state index in [-0.39, 0.29) is 11.8 Å². The maximum Gasteiger partial charge on any atom is 0.223 e. The van der Waals surface area contributed by atoms with Gasteiger partial charge in [0.15, 0.2) is 5.82 Å². The van der Waals surface area contributed by atoms with Gasteiger partial charge in [-0.3, -0.25) is 4.79 Å². The molecule has 0 radical (unpaired) electrons. The number of amides is 1. The van der Waals surface area contributed by atoms with Gasteiger partial charge in [0.1, 0.15) is 0 Å². The third-order valence-electron chi connectivity index (χ3n) is 5.28. The lowest BCUT2D eigenvalue weighted by atomic mass is 9.97. The van der Waals surface area contributed by atoms with Crippen molar-refractivity contribution < 1.29 is 13.2 Å². The van der Waals surface area contributed by atoms with Crippen LogP contribution < -0.4 is 5.32 Å². The number of hydrogen-bond donors (Lipinski definition) is 1. The van der Waals surface area contributed by atoms with Crippen molar-refractivity contribution in [2.45, 2.75) is 33.1 Å². The second kappa shape index (κ2) is 8.40. The Labute approximate surface area is 166 Å². The molecule has 152 valence electrons. The summed E-state index contributed by atoms with van der Waals surface area (Å²) in [7, 11) is -3.17. The number of sulfonamides is 1. The number of nitrogens with one attached hydrogen (secondary N) is 1. The predicted molar refractivity (Wildman–Crippen MR) is 107 cm³/mol. The summed E-state index contributed by atoms with van der Waals surface area (Å²) in [6.07, 6.45) is 4.77. The monoisotopic (exact) mass is 405 g/mol. The van der Waals surface area contributed by atoms with Crippen LogP contribution in [0.5, 0.6) is 0 Å². The standard InChI is InChI=1S/C19H27N5O3S/c1-14-17(15(2)24(22-14)18-6-4-5-10-20-18)7-11-21-19(25)16-8-12-23(13-9-16)28(3,26)27/h4-6,10,16H,7-9,11-13H2,1-3H3,(H,21,25). The molecule has 0 aromatic carbocycles. The van der Waals surface area contributed by atoms with Crippen molar-refractivity contribution in [3.05, 3.63) is 41.3 Å². The van der Waals surface area contributed by atoms with Crippen LogP contribution in [0.15, 0.2) is 24.4 Å². The van der Waals surface area contributed by atoms with Gasteiger partial charge in [0.2, 0.25) is 15.9 Å². The molecule has 0 aliphatic carbocycles. The maximum atomic E-state index is 12.4. The smallest absolute Gasteiger partial charge is 0.223 e. The topological polar surface area (TPSA) is 97.2 Å². The number of rotatable bonds is 6. The van der Waals surface area contributed by atoms with Gasteiger partial charge < -0.3 is 5.32 Å². The second-order valence-electron chi connectivity index (χ2n) is 7.23. The zero-order chi connectivity index (χ0) is 20.3. The summed E-state index contributed by atoms with van der Waals surface area (Å²) in [4.78, 5) is 16.8. The zero-order valence-corrected chi connectivity index (χ0v) is 17.4. The normalized spacial score (nSPS) is 16.2. The van der Waals surface area contributed by atoms with Gasteiger partial charge >= 0.3 is 0 Å². The minimum absolute atomic E-state index is 0.000532. The van der Waals surface area contributed by atoms with Gasteiger partial charge in [0.05, 0.1) is 11.9 Å². The van der Waals surface area contributed by atoms with Gasteiger partial charge in [-0.15, -0.1) is 0 Å². The average Bonchev–Trinajstić information content (AvgIpc) is 2.96. The van der Waals surface area contributed by atoms with E-state index in [4.69, 9.17) is 0 Å². The van der Waals surface area contributed by atoms with Gasteiger partial charge in [0.25, 0.3) is 0 Å². The highest BCUT2D eigenvalue weighted by molar-refractivity contribution is 7.88. The van der Waals surface area contributed by atoms with Gasteiger partial charge in [-0.25, -0.2) is 22.4 Å². The van der Waals surface area contributed by atoms with E-state index < -0.39 is 10.0 Å². The number of aromatic nitrogens is 3. The van der Waals surface area contributed by atoms with E-state index in [1.54, 1.807) is 6.20 Å². The highest BCUT2D eigenvalue weighted by atomic mass is 32.2. The zero-order valence-electron chi connectivity index (χ0n) is 16.6. The number of piperidine rings is 1. The molecule has 1 N–H and O–H groups in total. The molecular formula is C19H27N5O3S. The van der Waals surface area contributed by atoms with Gasteiger partial charge in [0, 0.05) is 37.4 Å². The predicted octanol–water partition coefficient (Wildman–Crippen LogP) is 1.21. The lowest BCUT2D eigenvalue weighted by Crippen LogP contribution is -2.42. The number of pyridine rings is 1. The molecule has 3 rings (SSSR count). The Morgan fingerprint density at radius 1 is 1.25 bits per heavy atom. The van der Waals surface area contributed by atoms with Crippen LogP contribution in [-0.2, 0) is 21.2 Å². The molecule has 2 aromatic rings. The lowest BCUT2D eigenvalue weighted by Gasteiger charge is -2.29. The molecule has 0 saturated carbocycles. The Morgan fingerprint density at radius 3 is 2.57 bits per heavy atom. The number of aryl methyl sites for hydroxylation is 1. The van der Waals surface area contributed by atoms with E-state index in [1.165, 1.54) is 10.6 Å². The lowest BCUT2D eigenvalue weighted by molar-refractivity contribution is -0.126. The largest absolute Gasteiger partial charge is 0.356 e. The molecular weight excluding hydrogens is 378 g/mol. The Morgan fingerprint density at radius 2 is 1.96 bits per heavy atom. The number of carbonyl (C=O) groups is 1. The van der Waals surface area contributed by atoms with Gasteiger partial charge in [-0.05, 0) is 50.8 Å². The number of hydrogen-bond acceptors (Lipinski definition) is 5. The van der Waals surface area contributed by atoms with Crippen molar-refractivity contribution in [1.82, 2.24) is 24.4 Å². The summed E-state index contributed by atoms with van der Waals surface area (Å²) < 4.78 is 26.4.